The molecule has 0 N–H and O–H groups in total. The van der Waals surface area contributed by atoms with Gasteiger partial charge in [0.15, 0.2) is 0 Å². The van der Waals surface area contributed by atoms with Crippen LogP contribution in [0, 0.1) is 5.41 Å². The van der Waals surface area contributed by atoms with Crippen molar-refractivity contribution in [1.29, 1.82) is 0 Å². The zero-order chi connectivity index (χ0) is 12.3. The van der Waals surface area contributed by atoms with E-state index in [1.807, 2.05) is 6.92 Å². The Kier molecular flexibility index (Phi) is 4.62. The average molecular weight is 228 g/mol. The highest BCUT2D eigenvalue weighted by atomic mass is 19.4. The van der Waals surface area contributed by atoms with Crippen molar-refractivity contribution >= 4 is 0 Å². The molecule has 15 heavy (non-hydrogen) atoms. The number of hydrogen-bond acceptors (Lipinski definition) is 0. The monoisotopic (exact) mass is 228 g/mol. The van der Waals surface area contributed by atoms with Gasteiger partial charge >= 0.3 is 6.18 Å². The minimum atomic E-state index is -3.94. The molecule has 1 saturated carbocycles. The van der Waals surface area contributed by atoms with Gasteiger partial charge in [0.1, 0.15) is 5.67 Å². The zero-order valence-corrected chi connectivity index (χ0v) is 9.84. The van der Waals surface area contributed by atoms with Crippen LogP contribution in [0.1, 0.15) is 53.4 Å². The van der Waals surface area contributed by atoms with Gasteiger partial charge in [-0.15, -0.1) is 0 Å². The Hall–Kier alpha value is -0.280. The van der Waals surface area contributed by atoms with Crippen LogP contribution in [0.2, 0.25) is 0 Å². The molecule has 0 unspecified atom stereocenters. The molecule has 0 bridgehead atoms. The van der Waals surface area contributed by atoms with Gasteiger partial charge in [0, 0.05) is 0 Å². The third-order valence-electron chi connectivity index (χ3n) is 2.97. The van der Waals surface area contributed by atoms with Crippen LogP contribution in [0.25, 0.3) is 0 Å². The van der Waals surface area contributed by atoms with Crippen molar-refractivity contribution in [2.75, 3.05) is 0 Å². The fourth-order valence-corrected chi connectivity index (χ4v) is 0.988. The molecule has 0 amide bonds. The summed E-state index contributed by atoms with van der Waals surface area (Å²) in [5.41, 5.74) is -2.23. The molecule has 0 aromatic carbocycles. The molecule has 0 aromatic heterocycles. The highest BCUT2D eigenvalue weighted by Crippen LogP contribution is 2.59. The Morgan fingerprint density at radius 1 is 1.00 bits per heavy atom. The van der Waals surface area contributed by atoms with Gasteiger partial charge < -0.3 is 0 Å². The van der Waals surface area contributed by atoms with Gasteiger partial charge in [0.05, 0.1) is 5.41 Å². The lowest BCUT2D eigenvalue weighted by Crippen LogP contribution is -2.23. The normalized spacial score (nSPS) is 19.2. The van der Waals surface area contributed by atoms with Crippen molar-refractivity contribution in [3.63, 3.8) is 0 Å². The maximum absolute atomic E-state index is 12.1. The first-order valence-corrected chi connectivity index (χ1v) is 5.33. The SMILES string of the molecule is CCC(C)(C)F.CCC1(C(F)(F)F)CC1. The summed E-state index contributed by atoms with van der Waals surface area (Å²) in [7, 11) is 0. The van der Waals surface area contributed by atoms with E-state index >= 15 is 0 Å². The molecule has 0 radical (unpaired) electrons. The lowest BCUT2D eigenvalue weighted by Gasteiger charge is -2.15. The summed E-state index contributed by atoms with van der Waals surface area (Å²) in [5, 5.41) is 0. The van der Waals surface area contributed by atoms with Crippen LogP contribution in [0.4, 0.5) is 17.6 Å². The van der Waals surface area contributed by atoms with Gasteiger partial charge in [-0.2, -0.15) is 13.2 Å². The van der Waals surface area contributed by atoms with E-state index in [4.69, 9.17) is 0 Å². The molecule has 0 nitrogen and oxygen atoms in total. The lowest BCUT2D eigenvalue weighted by atomic mass is 10.0. The Balaban J connectivity index is 0.000000288. The lowest BCUT2D eigenvalue weighted by molar-refractivity contribution is -0.187. The molecule has 1 fully saturated rings. The smallest absolute Gasteiger partial charge is 0.245 e. The van der Waals surface area contributed by atoms with Crippen molar-refractivity contribution in [2.45, 2.75) is 65.2 Å². The number of alkyl halides is 4. The van der Waals surface area contributed by atoms with E-state index < -0.39 is 17.3 Å². The number of rotatable bonds is 2. The van der Waals surface area contributed by atoms with E-state index in [2.05, 4.69) is 0 Å². The summed E-state index contributed by atoms with van der Waals surface area (Å²) in [6.07, 6.45) is -2.41. The predicted molar refractivity (Wildman–Crippen MR) is 53.5 cm³/mol. The molecule has 92 valence electrons. The third kappa shape index (κ3) is 4.85. The quantitative estimate of drug-likeness (QED) is 0.591. The Morgan fingerprint density at radius 3 is 1.33 bits per heavy atom. The predicted octanol–water partition coefficient (Wildman–Crippen LogP) is 4.88. The second kappa shape index (κ2) is 4.71. The summed E-state index contributed by atoms with van der Waals surface area (Å²) in [5.74, 6) is 0. The van der Waals surface area contributed by atoms with Crippen LogP contribution >= 0.6 is 0 Å². The van der Waals surface area contributed by atoms with Crippen LogP contribution in [0.3, 0.4) is 0 Å². The van der Waals surface area contributed by atoms with Crippen molar-refractivity contribution < 1.29 is 17.6 Å². The molecule has 0 aromatic rings. The molecule has 1 aliphatic rings. The van der Waals surface area contributed by atoms with E-state index in [1.165, 1.54) is 0 Å². The summed E-state index contributed by atoms with van der Waals surface area (Å²) in [6, 6.07) is 0. The summed E-state index contributed by atoms with van der Waals surface area (Å²) < 4.78 is 47.8. The molecule has 0 spiro atoms. The molecule has 0 atom stereocenters. The first-order chi connectivity index (χ1) is 6.58. The number of hydrogen-bond donors (Lipinski definition) is 0. The van der Waals surface area contributed by atoms with E-state index in [1.54, 1.807) is 20.8 Å². The third-order valence-corrected chi connectivity index (χ3v) is 2.97. The molecular formula is C11H20F4. The number of halogens is 4. The van der Waals surface area contributed by atoms with Crippen molar-refractivity contribution in [3.05, 3.63) is 0 Å². The van der Waals surface area contributed by atoms with E-state index in [0.29, 0.717) is 19.3 Å². The molecule has 4 heteroatoms. The maximum Gasteiger partial charge on any atom is 0.394 e. The Morgan fingerprint density at radius 2 is 1.33 bits per heavy atom. The Bertz CT molecular complexity index is 184. The van der Waals surface area contributed by atoms with Crippen molar-refractivity contribution in [3.8, 4) is 0 Å². The van der Waals surface area contributed by atoms with Crippen LogP contribution in [0.15, 0.2) is 0 Å². The molecule has 0 heterocycles. The highest BCUT2D eigenvalue weighted by molar-refractivity contribution is 4.97. The zero-order valence-electron chi connectivity index (χ0n) is 9.84. The van der Waals surface area contributed by atoms with E-state index in [-0.39, 0.29) is 6.42 Å². The van der Waals surface area contributed by atoms with Crippen LogP contribution in [-0.2, 0) is 0 Å². The summed E-state index contributed by atoms with van der Waals surface area (Å²) in [6.45, 7) is 6.58. The molecule has 0 aliphatic heterocycles. The Labute approximate surface area is 89.1 Å². The first kappa shape index (κ1) is 14.7. The molecule has 0 saturated heterocycles. The van der Waals surface area contributed by atoms with E-state index in [9.17, 15) is 17.6 Å². The van der Waals surface area contributed by atoms with Crippen LogP contribution < -0.4 is 0 Å². The fraction of sp³-hybridized carbons (Fsp3) is 1.00. The minimum Gasteiger partial charge on any atom is -0.245 e. The summed E-state index contributed by atoms with van der Waals surface area (Å²) in [4.78, 5) is 0. The van der Waals surface area contributed by atoms with Crippen molar-refractivity contribution in [2.24, 2.45) is 5.41 Å². The maximum atomic E-state index is 12.1. The van der Waals surface area contributed by atoms with E-state index in [0.717, 1.165) is 0 Å². The molecule has 1 aliphatic carbocycles. The van der Waals surface area contributed by atoms with Crippen LogP contribution in [0.5, 0.6) is 0 Å². The van der Waals surface area contributed by atoms with Crippen LogP contribution in [-0.4, -0.2) is 11.8 Å². The largest absolute Gasteiger partial charge is 0.394 e. The molecule has 1 rings (SSSR count). The van der Waals surface area contributed by atoms with Gasteiger partial charge in [-0.1, -0.05) is 13.8 Å². The highest BCUT2D eigenvalue weighted by Gasteiger charge is 2.61. The minimum absolute atomic E-state index is 0.247. The van der Waals surface area contributed by atoms with Gasteiger partial charge in [0.2, 0.25) is 0 Å². The topological polar surface area (TPSA) is 0 Å². The summed E-state index contributed by atoms with van der Waals surface area (Å²) >= 11 is 0. The first-order valence-electron chi connectivity index (χ1n) is 5.33. The second-order valence-corrected chi connectivity index (χ2v) is 4.70. The van der Waals surface area contributed by atoms with Gasteiger partial charge in [-0.05, 0) is 39.5 Å². The van der Waals surface area contributed by atoms with Crippen molar-refractivity contribution in [1.82, 2.24) is 0 Å². The van der Waals surface area contributed by atoms with Gasteiger partial charge in [0.25, 0.3) is 0 Å². The second-order valence-electron chi connectivity index (χ2n) is 4.70. The molecular weight excluding hydrogens is 208 g/mol. The van der Waals surface area contributed by atoms with Gasteiger partial charge in [-0.3, -0.25) is 0 Å². The van der Waals surface area contributed by atoms with Gasteiger partial charge in [-0.25, -0.2) is 4.39 Å². The standard InChI is InChI=1S/C6H9F3.C5H11F/c1-2-5(3-4-5)6(7,8)9;1-4-5(2,3)6/h2-4H2,1H3;4H2,1-3H3. The fourth-order valence-electron chi connectivity index (χ4n) is 0.988. The average Bonchev–Trinajstić information content (AvgIpc) is 2.82.